The largest absolute Gasteiger partial charge is 0.449 e. The molecule has 0 aromatic heterocycles. The molecule has 0 aliphatic rings. The van der Waals surface area contributed by atoms with Crippen LogP contribution in [-0.2, 0) is 26.1 Å². The highest BCUT2D eigenvalue weighted by Gasteiger charge is 2.22. The minimum Gasteiger partial charge on any atom is -0.449 e. The van der Waals surface area contributed by atoms with Crippen LogP contribution in [0.1, 0.15) is 22.8 Å². The summed E-state index contributed by atoms with van der Waals surface area (Å²) in [7, 11) is -4.01. The van der Waals surface area contributed by atoms with Crippen LogP contribution in [0.15, 0.2) is 53.4 Å². The lowest BCUT2D eigenvalue weighted by atomic mass is 10.2. The van der Waals surface area contributed by atoms with Crippen molar-refractivity contribution in [2.24, 2.45) is 5.14 Å². The number of amides is 1. The fourth-order valence-electron chi connectivity index (χ4n) is 2.04. The van der Waals surface area contributed by atoms with E-state index in [0.29, 0.717) is 0 Å². The lowest BCUT2D eigenvalue weighted by Gasteiger charge is -2.14. The summed E-state index contributed by atoms with van der Waals surface area (Å²) in [6.45, 7) is 1.68. The van der Waals surface area contributed by atoms with Crippen molar-refractivity contribution in [3.8, 4) is 0 Å². The molecular formula is C17H17ClN2O5S. The molecule has 0 fully saturated rings. The van der Waals surface area contributed by atoms with Crippen molar-refractivity contribution in [1.29, 1.82) is 0 Å². The molecule has 0 heterocycles. The molecule has 0 bridgehead atoms. The number of carbonyl (C=O) groups is 2. The number of esters is 1. The molecule has 0 radical (unpaired) electrons. The van der Waals surface area contributed by atoms with Gasteiger partial charge in [0, 0.05) is 6.54 Å². The molecule has 26 heavy (non-hydrogen) atoms. The molecule has 0 aliphatic heterocycles. The van der Waals surface area contributed by atoms with Crippen molar-refractivity contribution in [1.82, 2.24) is 5.32 Å². The first-order valence-corrected chi connectivity index (χ1v) is 9.46. The van der Waals surface area contributed by atoms with Crippen LogP contribution in [0.4, 0.5) is 0 Å². The quantitative estimate of drug-likeness (QED) is 0.723. The van der Waals surface area contributed by atoms with Crippen molar-refractivity contribution < 1.29 is 22.7 Å². The van der Waals surface area contributed by atoms with Gasteiger partial charge in [-0.2, -0.15) is 0 Å². The predicted molar refractivity (Wildman–Crippen MR) is 96.0 cm³/mol. The molecule has 3 N–H and O–H groups in total. The SMILES string of the molecule is C[C@H](OC(=O)c1cc(S(N)(=O)=O)ccc1Cl)C(=O)NCc1ccccc1. The minimum atomic E-state index is -4.01. The van der Waals surface area contributed by atoms with Crippen molar-refractivity contribution in [3.63, 3.8) is 0 Å². The van der Waals surface area contributed by atoms with E-state index in [9.17, 15) is 18.0 Å². The number of halogens is 1. The van der Waals surface area contributed by atoms with E-state index in [1.165, 1.54) is 19.1 Å². The van der Waals surface area contributed by atoms with E-state index in [1.54, 1.807) is 0 Å². The van der Waals surface area contributed by atoms with Gasteiger partial charge >= 0.3 is 5.97 Å². The van der Waals surface area contributed by atoms with E-state index in [0.717, 1.165) is 11.6 Å². The number of nitrogens with two attached hydrogens (primary N) is 1. The third kappa shape index (κ3) is 5.29. The monoisotopic (exact) mass is 396 g/mol. The van der Waals surface area contributed by atoms with E-state index < -0.39 is 28.0 Å². The van der Waals surface area contributed by atoms with Gasteiger partial charge in [0.2, 0.25) is 10.0 Å². The number of primary sulfonamides is 1. The minimum absolute atomic E-state index is 0.0145. The van der Waals surface area contributed by atoms with Gasteiger partial charge in [0.1, 0.15) is 0 Å². The summed E-state index contributed by atoms with van der Waals surface area (Å²) >= 11 is 5.91. The maximum absolute atomic E-state index is 12.2. The normalized spacial score (nSPS) is 12.3. The first-order valence-electron chi connectivity index (χ1n) is 7.53. The number of carbonyl (C=O) groups excluding carboxylic acids is 2. The maximum Gasteiger partial charge on any atom is 0.340 e. The topological polar surface area (TPSA) is 116 Å². The first kappa shape index (κ1) is 19.9. The lowest BCUT2D eigenvalue weighted by molar-refractivity contribution is -0.129. The Kier molecular flexibility index (Phi) is 6.36. The molecule has 9 heteroatoms. The number of benzene rings is 2. The second kappa shape index (κ2) is 8.31. The highest BCUT2D eigenvalue weighted by Crippen LogP contribution is 2.21. The molecule has 7 nitrogen and oxygen atoms in total. The average molecular weight is 397 g/mol. The zero-order valence-electron chi connectivity index (χ0n) is 13.8. The van der Waals surface area contributed by atoms with E-state index in [-0.39, 0.29) is 22.0 Å². The Balaban J connectivity index is 2.03. The summed E-state index contributed by atoms with van der Waals surface area (Å²) in [6.07, 6.45) is -1.10. The van der Waals surface area contributed by atoms with Crippen LogP contribution >= 0.6 is 11.6 Å². The summed E-state index contributed by atoms with van der Waals surface area (Å²) in [4.78, 5) is 24.0. The maximum atomic E-state index is 12.2. The fourth-order valence-corrected chi connectivity index (χ4v) is 2.78. The van der Waals surface area contributed by atoms with Gasteiger partial charge in [-0.3, -0.25) is 4.79 Å². The fraction of sp³-hybridized carbons (Fsp3) is 0.176. The molecule has 0 spiro atoms. The molecule has 138 valence electrons. The van der Waals surface area contributed by atoms with Crippen molar-refractivity contribution in [3.05, 3.63) is 64.7 Å². The standard InChI is InChI=1S/C17H17ClN2O5S/c1-11(16(21)20-10-12-5-3-2-4-6-12)25-17(22)14-9-13(26(19,23)24)7-8-15(14)18/h2-9,11H,10H2,1H3,(H,20,21)(H2,19,23,24)/t11-/m0/s1. The molecule has 1 amide bonds. The van der Waals surface area contributed by atoms with E-state index in [2.05, 4.69) is 5.32 Å². The van der Waals surface area contributed by atoms with Crippen LogP contribution in [0.5, 0.6) is 0 Å². The van der Waals surface area contributed by atoms with Gasteiger partial charge in [-0.05, 0) is 30.7 Å². The summed E-state index contributed by atoms with van der Waals surface area (Å²) in [5, 5.41) is 7.66. The van der Waals surface area contributed by atoms with Crippen molar-refractivity contribution >= 4 is 33.5 Å². The molecule has 0 aliphatic carbocycles. The Hall–Kier alpha value is -2.42. The molecule has 2 aromatic carbocycles. The zero-order chi connectivity index (χ0) is 19.3. The Morgan fingerprint density at radius 1 is 1.19 bits per heavy atom. The average Bonchev–Trinajstić information content (AvgIpc) is 2.59. The predicted octanol–water partition coefficient (Wildman–Crippen LogP) is 1.85. The van der Waals surface area contributed by atoms with Crippen LogP contribution in [0.2, 0.25) is 5.02 Å². The van der Waals surface area contributed by atoms with Gasteiger partial charge in [0.25, 0.3) is 5.91 Å². The Morgan fingerprint density at radius 3 is 2.46 bits per heavy atom. The van der Waals surface area contributed by atoms with Gasteiger partial charge < -0.3 is 10.1 Å². The second-order valence-electron chi connectivity index (χ2n) is 5.44. The van der Waals surface area contributed by atoms with E-state index >= 15 is 0 Å². The number of nitrogens with one attached hydrogen (secondary N) is 1. The molecular weight excluding hydrogens is 380 g/mol. The van der Waals surface area contributed by atoms with Gasteiger partial charge in [0.05, 0.1) is 15.5 Å². The smallest absolute Gasteiger partial charge is 0.340 e. The van der Waals surface area contributed by atoms with Crippen LogP contribution in [-0.4, -0.2) is 26.4 Å². The Bertz CT molecular complexity index is 916. The molecule has 0 saturated heterocycles. The van der Waals surface area contributed by atoms with Crippen molar-refractivity contribution in [2.45, 2.75) is 24.5 Å². The van der Waals surface area contributed by atoms with Crippen LogP contribution in [0.3, 0.4) is 0 Å². The highest BCUT2D eigenvalue weighted by molar-refractivity contribution is 7.89. The van der Waals surface area contributed by atoms with Gasteiger partial charge in [-0.25, -0.2) is 18.4 Å². The second-order valence-corrected chi connectivity index (χ2v) is 7.41. The number of sulfonamides is 1. The van der Waals surface area contributed by atoms with Gasteiger partial charge in [0.15, 0.2) is 6.10 Å². The molecule has 0 unspecified atom stereocenters. The highest BCUT2D eigenvalue weighted by atomic mass is 35.5. The number of rotatable bonds is 6. The number of hydrogen-bond donors (Lipinski definition) is 2. The molecule has 2 rings (SSSR count). The third-order valence-corrected chi connectivity index (χ3v) is 4.69. The number of hydrogen-bond acceptors (Lipinski definition) is 5. The Labute approximate surface area is 156 Å². The van der Waals surface area contributed by atoms with Gasteiger partial charge in [-0.1, -0.05) is 41.9 Å². The van der Waals surface area contributed by atoms with Crippen LogP contribution < -0.4 is 10.5 Å². The Morgan fingerprint density at radius 2 is 1.85 bits per heavy atom. The number of ether oxygens (including phenoxy) is 1. The van der Waals surface area contributed by atoms with E-state index in [1.807, 2.05) is 30.3 Å². The summed E-state index contributed by atoms with van der Waals surface area (Å²) in [6, 6.07) is 12.6. The van der Waals surface area contributed by atoms with E-state index in [4.69, 9.17) is 21.5 Å². The zero-order valence-corrected chi connectivity index (χ0v) is 15.4. The third-order valence-electron chi connectivity index (χ3n) is 3.45. The van der Waals surface area contributed by atoms with Crippen LogP contribution in [0, 0.1) is 0 Å². The summed E-state index contributed by atoms with van der Waals surface area (Å²) in [5.74, 6) is -1.43. The summed E-state index contributed by atoms with van der Waals surface area (Å²) in [5.41, 5.74) is 0.698. The summed E-state index contributed by atoms with van der Waals surface area (Å²) < 4.78 is 27.8. The molecule has 1 atom stereocenters. The molecule has 2 aromatic rings. The lowest BCUT2D eigenvalue weighted by Crippen LogP contribution is -2.35. The first-order chi connectivity index (χ1) is 12.2. The van der Waals surface area contributed by atoms with Gasteiger partial charge in [-0.15, -0.1) is 0 Å². The molecule has 0 saturated carbocycles. The van der Waals surface area contributed by atoms with Crippen LogP contribution in [0.25, 0.3) is 0 Å². The van der Waals surface area contributed by atoms with Crippen molar-refractivity contribution in [2.75, 3.05) is 0 Å².